The maximum Gasteiger partial charge on any atom is 0.225 e. The van der Waals surface area contributed by atoms with Crippen LogP contribution in [-0.4, -0.2) is 44.8 Å². The summed E-state index contributed by atoms with van der Waals surface area (Å²) in [5, 5.41) is 2.91. The molecule has 1 atom stereocenters. The molecule has 0 saturated carbocycles. The minimum absolute atomic E-state index is 0.00615. The Morgan fingerprint density at radius 2 is 2.08 bits per heavy atom. The van der Waals surface area contributed by atoms with Crippen LogP contribution >= 0.6 is 0 Å². The number of nitrogens with zero attached hydrogens (tertiary/aromatic N) is 4. The lowest BCUT2D eigenvalue weighted by Crippen LogP contribution is -2.34. The first-order valence-electron chi connectivity index (χ1n) is 8.77. The summed E-state index contributed by atoms with van der Waals surface area (Å²) in [6.45, 7) is 5.26. The number of hydrogen-bond donors (Lipinski definition) is 1. The van der Waals surface area contributed by atoms with Crippen LogP contribution < -0.4 is 5.32 Å². The van der Waals surface area contributed by atoms with Gasteiger partial charge >= 0.3 is 0 Å². The number of carbonyl (C=O) groups is 2. The highest BCUT2D eigenvalue weighted by molar-refractivity contribution is 5.89. The number of pyridine rings is 1. The molecular formula is C19H23N5O2. The molecule has 2 aromatic heterocycles. The van der Waals surface area contributed by atoms with E-state index in [9.17, 15) is 9.59 Å². The molecule has 0 spiro atoms. The molecule has 1 fully saturated rings. The highest BCUT2D eigenvalue weighted by atomic mass is 16.2. The topological polar surface area (TPSA) is 88.1 Å². The zero-order valence-corrected chi connectivity index (χ0v) is 15.1. The minimum Gasteiger partial charge on any atom is -0.355 e. The first-order valence-corrected chi connectivity index (χ1v) is 8.77. The smallest absolute Gasteiger partial charge is 0.225 e. The molecule has 1 saturated heterocycles. The first-order chi connectivity index (χ1) is 12.5. The normalized spacial score (nSPS) is 16.8. The molecule has 0 aliphatic carbocycles. The van der Waals surface area contributed by atoms with Gasteiger partial charge in [-0.15, -0.1) is 0 Å². The van der Waals surface area contributed by atoms with Crippen LogP contribution in [-0.2, 0) is 22.6 Å². The average Bonchev–Trinajstić information content (AvgIpc) is 2.96. The van der Waals surface area contributed by atoms with Crippen LogP contribution in [0.15, 0.2) is 30.6 Å². The molecule has 2 aromatic rings. The second kappa shape index (κ2) is 8.03. The monoisotopic (exact) mass is 353 g/mol. The molecule has 0 radical (unpaired) electrons. The van der Waals surface area contributed by atoms with Crippen molar-refractivity contribution in [2.45, 2.75) is 33.2 Å². The summed E-state index contributed by atoms with van der Waals surface area (Å²) in [5.74, 6) is 0.339. The van der Waals surface area contributed by atoms with Crippen LogP contribution in [0.5, 0.6) is 0 Å². The zero-order chi connectivity index (χ0) is 18.5. The van der Waals surface area contributed by atoms with E-state index < -0.39 is 0 Å². The Morgan fingerprint density at radius 1 is 1.31 bits per heavy atom. The quantitative estimate of drug-likeness (QED) is 0.843. The Balaban J connectivity index is 1.48. The van der Waals surface area contributed by atoms with E-state index in [0.717, 1.165) is 22.8 Å². The van der Waals surface area contributed by atoms with Crippen LogP contribution in [0.1, 0.15) is 29.2 Å². The van der Waals surface area contributed by atoms with Crippen molar-refractivity contribution in [1.29, 1.82) is 0 Å². The van der Waals surface area contributed by atoms with Crippen LogP contribution in [0.3, 0.4) is 0 Å². The number of aryl methyl sites for hydroxylation is 2. The summed E-state index contributed by atoms with van der Waals surface area (Å²) in [6, 6.07) is 5.69. The molecule has 3 rings (SSSR count). The number of hydrogen-bond acceptors (Lipinski definition) is 5. The Hall–Kier alpha value is -2.83. The van der Waals surface area contributed by atoms with E-state index in [1.54, 1.807) is 17.3 Å². The summed E-state index contributed by atoms with van der Waals surface area (Å²) >= 11 is 0. The minimum atomic E-state index is -0.306. The molecule has 1 unspecified atom stereocenters. The number of amides is 2. The largest absolute Gasteiger partial charge is 0.355 e. The van der Waals surface area contributed by atoms with Crippen molar-refractivity contribution >= 4 is 11.8 Å². The van der Waals surface area contributed by atoms with Gasteiger partial charge in [0.15, 0.2) is 0 Å². The summed E-state index contributed by atoms with van der Waals surface area (Å²) in [6.07, 6.45) is 4.27. The third-order valence-corrected chi connectivity index (χ3v) is 4.36. The fourth-order valence-electron chi connectivity index (χ4n) is 3.17. The lowest BCUT2D eigenvalue weighted by Gasteiger charge is -2.16. The van der Waals surface area contributed by atoms with E-state index in [0.29, 0.717) is 26.1 Å². The lowest BCUT2D eigenvalue weighted by atomic mass is 10.1. The first kappa shape index (κ1) is 18.0. The van der Waals surface area contributed by atoms with Crippen LogP contribution in [0, 0.1) is 19.8 Å². The molecule has 7 nitrogen and oxygen atoms in total. The highest BCUT2D eigenvalue weighted by Gasteiger charge is 2.34. The fraction of sp³-hybridized carbons (Fsp3) is 0.421. The van der Waals surface area contributed by atoms with E-state index >= 15 is 0 Å². The molecule has 7 heteroatoms. The Kier molecular flexibility index (Phi) is 5.55. The molecule has 1 aliphatic heterocycles. The molecular weight excluding hydrogens is 330 g/mol. The van der Waals surface area contributed by atoms with Crippen molar-refractivity contribution in [2.75, 3.05) is 13.1 Å². The van der Waals surface area contributed by atoms with Gasteiger partial charge in [0.2, 0.25) is 11.8 Å². The predicted molar refractivity (Wildman–Crippen MR) is 96.0 cm³/mol. The van der Waals surface area contributed by atoms with Gasteiger partial charge in [-0.25, -0.2) is 9.97 Å². The van der Waals surface area contributed by atoms with Gasteiger partial charge in [0.1, 0.15) is 5.82 Å². The second-order valence-electron chi connectivity index (χ2n) is 6.64. The summed E-state index contributed by atoms with van der Waals surface area (Å²) in [7, 11) is 0. The van der Waals surface area contributed by atoms with Gasteiger partial charge in [-0.2, -0.15) is 0 Å². The van der Waals surface area contributed by atoms with E-state index in [4.69, 9.17) is 0 Å². The Bertz CT molecular complexity index is 774. The van der Waals surface area contributed by atoms with Gasteiger partial charge < -0.3 is 10.2 Å². The van der Waals surface area contributed by atoms with Crippen molar-refractivity contribution in [3.8, 4) is 0 Å². The molecule has 0 aromatic carbocycles. The van der Waals surface area contributed by atoms with Crippen molar-refractivity contribution in [3.63, 3.8) is 0 Å². The molecule has 3 heterocycles. The molecule has 136 valence electrons. The maximum atomic E-state index is 12.4. The Labute approximate surface area is 152 Å². The summed E-state index contributed by atoms with van der Waals surface area (Å²) < 4.78 is 0. The molecule has 0 bridgehead atoms. The number of aromatic nitrogens is 3. The summed E-state index contributed by atoms with van der Waals surface area (Å²) in [4.78, 5) is 39.1. The van der Waals surface area contributed by atoms with Gasteiger partial charge in [-0.3, -0.25) is 14.6 Å². The van der Waals surface area contributed by atoms with E-state index in [-0.39, 0.29) is 24.2 Å². The van der Waals surface area contributed by atoms with Gasteiger partial charge in [-0.05, 0) is 31.5 Å². The van der Waals surface area contributed by atoms with E-state index in [1.165, 1.54) is 0 Å². The highest BCUT2D eigenvalue weighted by Crippen LogP contribution is 2.20. The molecule has 1 aliphatic rings. The predicted octanol–water partition coefficient (Wildman–Crippen LogP) is 1.20. The van der Waals surface area contributed by atoms with Crippen molar-refractivity contribution in [1.82, 2.24) is 25.2 Å². The molecule has 2 amide bonds. The maximum absolute atomic E-state index is 12.4. The third kappa shape index (κ3) is 4.62. The SMILES string of the molecule is Cc1cc(C)nc(CCNC(=O)C2CC(=O)N(Cc3cccnc3)C2)n1. The number of nitrogens with one attached hydrogen (secondary N) is 1. The Morgan fingerprint density at radius 3 is 2.77 bits per heavy atom. The summed E-state index contributed by atoms with van der Waals surface area (Å²) in [5.41, 5.74) is 2.81. The van der Waals surface area contributed by atoms with Gasteiger partial charge in [0.05, 0.1) is 5.92 Å². The average molecular weight is 353 g/mol. The second-order valence-corrected chi connectivity index (χ2v) is 6.64. The van der Waals surface area contributed by atoms with Crippen molar-refractivity contribution < 1.29 is 9.59 Å². The number of likely N-dealkylation sites (tertiary alicyclic amines) is 1. The molecule has 26 heavy (non-hydrogen) atoms. The van der Waals surface area contributed by atoms with Crippen molar-refractivity contribution in [2.24, 2.45) is 5.92 Å². The number of carbonyl (C=O) groups excluding carboxylic acids is 2. The van der Waals surface area contributed by atoms with Crippen LogP contribution in [0.4, 0.5) is 0 Å². The van der Waals surface area contributed by atoms with Crippen LogP contribution in [0.2, 0.25) is 0 Å². The molecule has 1 N–H and O–H groups in total. The van der Waals surface area contributed by atoms with Gasteiger partial charge in [0.25, 0.3) is 0 Å². The standard InChI is InChI=1S/C19H23N5O2/c1-13-8-14(2)23-17(22-13)5-7-21-19(26)16-9-18(25)24(12-16)11-15-4-3-6-20-10-15/h3-4,6,8,10,16H,5,7,9,11-12H2,1-2H3,(H,21,26). The van der Waals surface area contributed by atoms with Gasteiger partial charge in [0, 0.05) is 56.3 Å². The number of rotatable bonds is 6. The fourth-order valence-corrected chi connectivity index (χ4v) is 3.17. The lowest BCUT2D eigenvalue weighted by molar-refractivity contribution is -0.129. The van der Waals surface area contributed by atoms with Crippen LogP contribution in [0.25, 0.3) is 0 Å². The zero-order valence-electron chi connectivity index (χ0n) is 15.1. The van der Waals surface area contributed by atoms with Gasteiger partial charge in [-0.1, -0.05) is 6.07 Å². The van der Waals surface area contributed by atoms with E-state index in [1.807, 2.05) is 32.0 Å². The van der Waals surface area contributed by atoms with Crippen molar-refractivity contribution in [3.05, 3.63) is 53.4 Å². The third-order valence-electron chi connectivity index (χ3n) is 4.36. The van der Waals surface area contributed by atoms with E-state index in [2.05, 4.69) is 20.3 Å².